The van der Waals surface area contributed by atoms with Gasteiger partial charge in [-0.1, -0.05) is 12.2 Å². The molecule has 90 valence electrons. The van der Waals surface area contributed by atoms with Crippen LogP contribution in [0.15, 0.2) is 12.2 Å². The van der Waals surface area contributed by atoms with Gasteiger partial charge in [0.2, 0.25) is 5.91 Å². The molecule has 2 amide bonds. The highest BCUT2D eigenvalue weighted by Crippen LogP contribution is 2.08. The molecule has 0 spiro atoms. The van der Waals surface area contributed by atoms with E-state index < -0.39 is 17.7 Å². The lowest BCUT2D eigenvalue weighted by molar-refractivity contribution is -0.131. The molecule has 16 heavy (non-hydrogen) atoms. The lowest BCUT2D eigenvalue weighted by atomic mass is 10.2. The molecule has 5 heteroatoms. The van der Waals surface area contributed by atoms with Crippen molar-refractivity contribution in [1.29, 1.82) is 0 Å². The fourth-order valence-electron chi connectivity index (χ4n) is 1.31. The number of hydrogen-bond acceptors (Lipinski definition) is 3. The van der Waals surface area contributed by atoms with Gasteiger partial charge in [-0.2, -0.15) is 0 Å². The van der Waals surface area contributed by atoms with Crippen LogP contribution in [0.25, 0.3) is 0 Å². The van der Waals surface area contributed by atoms with Gasteiger partial charge < -0.3 is 15.0 Å². The van der Waals surface area contributed by atoms with E-state index in [4.69, 9.17) is 4.74 Å². The molecule has 1 rings (SSSR count). The largest absolute Gasteiger partial charge is 0.444 e. The van der Waals surface area contributed by atoms with E-state index in [1.807, 2.05) is 6.08 Å². The van der Waals surface area contributed by atoms with Crippen molar-refractivity contribution in [3.63, 3.8) is 0 Å². The molecule has 1 aliphatic heterocycles. The predicted octanol–water partition coefficient (Wildman–Crippen LogP) is 0.908. The summed E-state index contributed by atoms with van der Waals surface area (Å²) in [6.45, 7) is 5.90. The van der Waals surface area contributed by atoms with Crippen LogP contribution in [-0.4, -0.2) is 42.1 Å². The number of ether oxygens (including phenoxy) is 1. The molecule has 1 N–H and O–H groups in total. The molecule has 0 bridgehead atoms. The van der Waals surface area contributed by atoms with E-state index in [0.29, 0.717) is 6.54 Å². The first kappa shape index (κ1) is 12.5. The Morgan fingerprint density at radius 2 is 2.19 bits per heavy atom. The summed E-state index contributed by atoms with van der Waals surface area (Å²) in [4.78, 5) is 24.6. The molecule has 0 aromatic heterocycles. The molecule has 1 unspecified atom stereocenters. The standard InChI is InChI=1S/C11H18N2O3/c1-11(2,3)16-10(15)12-8-6-5-7-13(4)9(8)14/h5-6,8H,7H2,1-4H3,(H,12,15). The molecule has 1 atom stereocenters. The minimum absolute atomic E-state index is 0.131. The Kier molecular flexibility index (Phi) is 3.57. The number of carbonyl (C=O) groups is 2. The zero-order chi connectivity index (χ0) is 12.3. The Morgan fingerprint density at radius 3 is 2.75 bits per heavy atom. The van der Waals surface area contributed by atoms with Gasteiger partial charge in [-0.05, 0) is 20.8 Å². The number of rotatable bonds is 1. The van der Waals surface area contributed by atoms with Crippen molar-refractivity contribution in [2.24, 2.45) is 0 Å². The van der Waals surface area contributed by atoms with E-state index in [2.05, 4.69) is 5.32 Å². The Bertz CT molecular complexity index is 318. The van der Waals surface area contributed by atoms with Crippen molar-refractivity contribution >= 4 is 12.0 Å². The third kappa shape index (κ3) is 3.56. The number of amides is 2. The molecule has 0 radical (unpaired) electrons. The Balaban J connectivity index is 2.54. The minimum atomic E-state index is -0.617. The molecule has 5 nitrogen and oxygen atoms in total. The van der Waals surface area contributed by atoms with E-state index in [9.17, 15) is 9.59 Å². The maximum Gasteiger partial charge on any atom is 0.408 e. The number of carbonyl (C=O) groups excluding carboxylic acids is 2. The quantitative estimate of drug-likeness (QED) is 0.676. The van der Waals surface area contributed by atoms with Gasteiger partial charge in [0.25, 0.3) is 0 Å². The summed E-state index contributed by atoms with van der Waals surface area (Å²) < 4.78 is 5.07. The van der Waals surface area contributed by atoms with Gasteiger partial charge in [-0.3, -0.25) is 4.79 Å². The van der Waals surface area contributed by atoms with Crippen molar-refractivity contribution < 1.29 is 14.3 Å². The van der Waals surface area contributed by atoms with Crippen LogP contribution in [0.2, 0.25) is 0 Å². The second-order valence-electron chi connectivity index (χ2n) is 4.77. The molecular formula is C11H18N2O3. The summed E-state index contributed by atoms with van der Waals surface area (Å²) in [6, 6.07) is -0.617. The molecule has 0 saturated carbocycles. The van der Waals surface area contributed by atoms with E-state index in [-0.39, 0.29) is 5.91 Å². The second kappa shape index (κ2) is 4.55. The fourth-order valence-corrected chi connectivity index (χ4v) is 1.31. The maximum atomic E-state index is 11.6. The first-order valence-electron chi connectivity index (χ1n) is 5.21. The molecule has 0 aromatic carbocycles. The van der Waals surface area contributed by atoms with Crippen LogP contribution in [0, 0.1) is 0 Å². The van der Waals surface area contributed by atoms with Gasteiger partial charge in [0.15, 0.2) is 0 Å². The topological polar surface area (TPSA) is 58.6 Å². The lowest BCUT2D eigenvalue weighted by Crippen LogP contribution is -2.49. The fraction of sp³-hybridized carbons (Fsp3) is 0.636. The number of hydrogen-bond donors (Lipinski definition) is 1. The maximum absolute atomic E-state index is 11.6. The van der Waals surface area contributed by atoms with Crippen LogP contribution in [0.4, 0.5) is 4.79 Å². The van der Waals surface area contributed by atoms with Gasteiger partial charge in [-0.15, -0.1) is 0 Å². The average Bonchev–Trinajstić information content (AvgIpc) is 2.09. The number of alkyl carbamates (subject to hydrolysis) is 1. The summed E-state index contributed by atoms with van der Waals surface area (Å²) in [7, 11) is 1.69. The average molecular weight is 226 g/mol. The summed E-state index contributed by atoms with van der Waals surface area (Å²) in [5.74, 6) is -0.131. The smallest absolute Gasteiger partial charge is 0.408 e. The van der Waals surface area contributed by atoms with Crippen LogP contribution >= 0.6 is 0 Å². The number of nitrogens with one attached hydrogen (secondary N) is 1. The molecule has 1 aliphatic rings. The summed E-state index contributed by atoms with van der Waals surface area (Å²) in [6.07, 6.45) is 2.93. The molecule has 0 aromatic rings. The second-order valence-corrected chi connectivity index (χ2v) is 4.77. The minimum Gasteiger partial charge on any atom is -0.444 e. The number of likely N-dealkylation sites (N-methyl/N-ethyl adjacent to an activating group) is 1. The van der Waals surface area contributed by atoms with Gasteiger partial charge in [0.05, 0.1) is 0 Å². The molecule has 0 aliphatic carbocycles. The summed E-state index contributed by atoms with van der Waals surface area (Å²) >= 11 is 0. The zero-order valence-electron chi connectivity index (χ0n) is 10.1. The lowest BCUT2D eigenvalue weighted by Gasteiger charge is -2.26. The monoisotopic (exact) mass is 226 g/mol. The predicted molar refractivity (Wildman–Crippen MR) is 59.9 cm³/mol. The highest BCUT2D eigenvalue weighted by molar-refractivity contribution is 5.88. The Labute approximate surface area is 95.4 Å². The Hall–Kier alpha value is -1.52. The van der Waals surface area contributed by atoms with E-state index in [1.54, 1.807) is 38.8 Å². The van der Waals surface area contributed by atoms with Gasteiger partial charge in [0.1, 0.15) is 11.6 Å². The van der Waals surface area contributed by atoms with Crippen LogP contribution in [0.5, 0.6) is 0 Å². The van der Waals surface area contributed by atoms with Gasteiger partial charge in [-0.25, -0.2) is 4.79 Å². The highest BCUT2D eigenvalue weighted by Gasteiger charge is 2.26. The van der Waals surface area contributed by atoms with Gasteiger partial charge >= 0.3 is 6.09 Å². The highest BCUT2D eigenvalue weighted by atomic mass is 16.6. The zero-order valence-corrected chi connectivity index (χ0v) is 10.1. The summed E-state index contributed by atoms with van der Waals surface area (Å²) in [5.41, 5.74) is -0.558. The van der Waals surface area contributed by atoms with Crippen LogP contribution in [0.3, 0.4) is 0 Å². The van der Waals surface area contributed by atoms with E-state index in [1.165, 1.54) is 0 Å². The summed E-state index contributed by atoms with van der Waals surface area (Å²) in [5, 5.41) is 2.52. The SMILES string of the molecule is CN1CC=CC(NC(=O)OC(C)(C)C)C1=O. The van der Waals surface area contributed by atoms with Crippen LogP contribution in [0.1, 0.15) is 20.8 Å². The third-order valence-corrected chi connectivity index (χ3v) is 2.02. The van der Waals surface area contributed by atoms with Crippen LogP contribution in [-0.2, 0) is 9.53 Å². The Morgan fingerprint density at radius 1 is 1.56 bits per heavy atom. The molecule has 1 heterocycles. The van der Waals surface area contributed by atoms with Crippen molar-refractivity contribution in [2.45, 2.75) is 32.4 Å². The molecular weight excluding hydrogens is 208 g/mol. The van der Waals surface area contributed by atoms with Crippen LogP contribution < -0.4 is 5.32 Å². The first-order chi connectivity index (χ1) is 7.29. The van der Waals surface area contributed by atoms with Crippen molar-refractivity contribution in [3.8, 4) is 0 Å². The first-order valence-corrected chi connectivity index (χ1v) is 5.21. The number of nitrogens with zero attached hydrogens (tertiary/aromatic N) is 1. The van der Waals surface area contributed by atoms with E-state index in [0.717, 1.165) is 0 Å². The molecule has 0 saturated heterocycles. The van der Waals surface area contributed by atoms with Crippen molar-refractivity contribution in [3.05, 3.63) is 12.2 Å². The van der Waals surface area contributed by atoms with E-state index >= 15 is 0 Å². The van der Waals surface area contributed by atoms with Crippen molar-refractivity contribution in [2.75, 3.05) is 13.6 Å². The van der Waals surface area contributed by atoms with Gasteiger partial charge in [0, 0.05) is 13.6 Å². The normalized spacial score (nSPS) is 20.9. The third-order valence-electron chi connectivity index (χ3n) is 2.02. The van der Waals surface area contributed by atoms with Crippen molar-refractivity contribution in [1.82, 2.24) is 10.2 Å². The molecule has 0 fully saturated rings.